The molecule has 2 amide bonds. The summed E-state index contributed by atoms with van der Waals surface area (Å²) in [5, 5.41) is 5.22. The highest BCUT2D eigenvalue weighted by Crippen LogP contribution is 2.14. The van der Waals surface area contributed by atoms with Crippen LogP contribution in [0.15, 0.2) is 54.6 Å². The fourth-order valence-electron chi connectivity index (χ4n) is 2.04. The molecule has 0 aromatic heterocycles. The van der Waals surface area contributed by atoms with Gasteiger partial charge >= 0.3 is 5.97 Å². The summed E-state index contributed by atoms with van der Waals surface area (Å²) < 4.78 is 10.4. The molecule has 26 heavy (non-hydrogen) atoms. The van der Waals surface area contributed by atoms with Crippen LogP contribution in [-0.4, -0.2) is 30.5 Å². The minimum Gasteiger partial charge on any atom is -0.479 e. The molecule has 0 aliphatic rings. The number of rotatable bonds is 7. The number of carbonyl (C=O) groups excluding carboxylic acids is 3. The molecule has 0 unspecified atom stereocenters. The predicted octanol–water partition coefficient (Wildman–Crippen LogP) is 2.59. The summed E-state index contributed by atoms with van der Waals surface area (Å²) >= 11 is 0. The minimum atomic E-state index is -0.831. The molecular weight excluding hydrogens is 336 g/mol. The van der Waals surface area contributed by atoms with Gasteiger partial charge in [0.25, 0.3) is 5.91 Å². The van der Waals surface area contributed by atoms with E-state index in [1.165, 1.54) is 6.92 Å². The van der Waals surface area contributed by atoms with E-state index in [0.717, 1.165) is 0 Å². The molecule has 0 radical (unpaired) electrons. The van der Waals surface area contributed by atoms with E-state index in [4.69, 9.17) is 9.47 Å². The van der Waals surface area contributed by atoms with Gasteiger partial charge in [-0.1, -0.05) is 18.2 Å². The van der Waals surface area contributed by atoms with Gasteiger partial charge in [0.2, 0.25) is 5.91 Å². The third-order valence-corrected chi connectivity index (χ3v) is 3.22. The molecule has 2 aromatic carbocycles. The molecule has 7 heteroatoms. The maximum absolute atomic E-state index is 11.9. The fraction of sp³-hybridized carbons (Fsp3) is 0.211. The van der Waals surface area contributed by atoms with Crippen molar-refractivity contribution < 1.29 is 23.9 Å². The van der Waals surface area contributed by atoms with Gasteiger partial charge in [0.1, 0.15) is 5.75 Å². The summed E-state index contributed by atoms with van der Waals surface area (Å²) in [7, 11) is 0. The highest BCUT2D eigenvalue weighted by molar-refractivity contribution is 5.94. The maximum Gasteiger partial charge on any atom is 0.347 e. The predicted molar refractivity (Wildman–Crippen MR) is 96.9 cm³/mol. The Bertz CT molecular complexity index is 759. The van der Waals surface area contributed by atoms with Gasteiger partial charge in [-0.2, -0.15) is 0 Å². The Hall–Kier alpha value is -3.35. The van der Waals surface area contributed by atoms with E-state index in [-0.39, 0.29) is 5.91 Å². The molecule has 2 aromatic rings. The lowest BCUT2D eigenvalue weighted by Gasteiger charge is -2.14. The molecule has 0 fully saturated rings. The largest absolute Gasteiger partial charge is 0.479 e. The van der Waals surface area contributed by atoms with Gasteiger partial charge in [-0.3, -0.25) is 9.59 Å². The topological polar surface area (TPSA) is 93.7 Å². The number of carbonyl (C=O) groups is 3. The van der Waals surface area contributed by atoms with Crippen LogP contribution in [0.1, 0.15) is 13.8 Å². The van der Waals surface area contributed by atoms with Crippen LogP contribution in [0.4, 0.5) is 11.4 Å². The lowest BCUT2D eigenvalue weighted by Crippen LogP contribution is -2.29. The first kappa shape index (κ1) is 19.0. The zero-order chi connectivity index (χ0) is 18.9. The van der Waals surface area contributed by atoms with Crippen molar-refractivity contribution in [3.8, 4) is 5.75 Å². The zero-order valence-electron chi connectivity index (χ0n) is 14.5. The first-order chi connectivity index (χ1) is 12.4. The van der Waals surface area contributed by atoms with Gasteiger partial charge in [0.15, 0.2) is 12.7 Å². The van der Waals surface area contributed by atoms with Crippen molar-refractivity contribution in [1.29, 1.82) is 0 Å². The summed E-state index contributed by atoms with van der Waals surface area (Å²) in [6, 6.07) is 15.4. The normalized spacial score (nSPS) is 11.2. The third kappa shape index (κ3) is 6.27. The average molecular weight is 356 g/mol. The van der Waals surface area contributed by atoms with Crippen LogP contribution in [0.5, 0.6) is 5.75 Å². The lowest BCUT2D eigenvalue weighted by molar-refractivity contribution is -0.153. The quantitative estimate of drug-likeness (QED) is 0.744. The van der Waals surface area contributed by atoms with Crippen LogP contribution in [0.3, 0.4) is 0 Å². The number of nitrogens with one attached hydrogen (secondary N) is 2. The van der Waals surface area contributed by atoms with Crippen molar-refractivity contribution in [1.82, 2.24) is 0 Å². The van der Waals surface area contributed by atoms with Crippen LogP contribution in [0, 0.1) is 0 Å². The first-order valence-electron chi connectivity index (χ1n) is 8.00. The molecule has 0 heterocycles. The zero-order valence-corrected chi connectivity index (χ0v) is 14.5. The van der Waals surface area contributed by atoms with Crippen LogP contribution in [0.2, 0.25) is 0 Å². The standard InChI is InChI=1S/C19H20N2O5/c1-13(26-17-6-4-3-5-7-17)19(24)25-12-18(23)21-16-10-8-15(9-11-16)20-14(2)22/h3-11,13H,12H2,1-2H3,(H,20,22)(H,21,23)/t13-/m0/s1. The molecular formula is C19H20N2O5. The molecule has 0 aliphatic carbocycles. The smallest absolute Gasteiger partial charge is 0.347 e. The summed E-state index contributed by atoms with van der Waals surface area (Å²) in [6.45, 7) is 2.54. The summed E-state index contributed by atoms with van der Waals surface area (Å²) in [4.78, 5) is 34.7. The van der Waals surface area contributed by atoms with E-state index in [9.17, 15) is 14.4 Å². The van der Waals surface area contributed by atoms with Crippen molar-refractivity contribution in [3.05, 3.63) is 54.6 Å². The summed E-state index contributed by atoms with van der Waals surface area (Å²) in [5.74, 6) is -0.747. The number of ether oxygens (including phenoxy) is 2. The highest BCUT2D eigenvalue weighted by atomic mass is 16.6. The first-order valence-corrected chi connectivity index (χ1v) is 8.00. The maximum atomic E-state index is 11.9. The fourth-order valence-corrected chi connectivity index (χ4v) is 2.04. The third-order valence-electron chi connectivity index (χ3n) is 3.22. The van der Waals surface area contributed by atoms with Crippen molar-refractivity contribution in [2.24, 2.45) is 0 Å². The number of benzene rings is 2. The summed E-state index contributed by atoms with van der Waals surface area (Å²) in [6.07, 6.45) is -0.831. The molecule has 0 aliphatic heterocycles. The SMILES string of the molecule is CC(=O)Nc1ccc(NC(=O)COC(=O)[C@H](C)Oc2ccccc2)cc1. The highest BCUT2D eigenvalue weighted by Gasteiger charge is 2.17. The molecule has 0 bridgehead atoms. The number of anilines is 2. The Labute approximate surface area is 151 Å². The van der Waals surface area contributed by atoms with Crippen LogP contribution in [0.25, 0.3) is 0 Å². The van der Waals surface area contributed by atoms with Gasteiger partial charge in [0, 0.05) is 18.3 Å². The Balaban J connectivity index is 1.77. The van der Waals surface area contributed by atoms with Crippen LogP contribution in [-0.2, 0) is 19.1 Å². The number of para-hydroxylation sites is 1. The number of amides is 2. The van der Waals surface area contributed by atoms with Gasteiger partial charge in [0.05, 0.1) is 0 Å². The monoisotopic (exact) mass is 356 g/mol. The Morgan fingerprint density at radius 2 is 1.50 bits per heavy atom. The van der Waals surface area contributed by atoms with Crippen LogP contribution >= 0.6 is 0 Å². The van der Waals surface area contributed by atoms with Gasteiger partial charge < -0.3 is 20.1 Å². The van der Waals surface area contributed by atoms with Gasteiger partial charge in [-0.25, -0.2) is 4.79 Å². The van der Waals surface area contributed by atoms with E-state index >= 15 is 0 Å². The number of hydrogen-bond acceptors (Lipinski definition) is 5. The van der Waals surface area contributed by atoms with Crippen LogP contribution < -0.4 is 15.4 Å². The van der Waals surface area contributed by atoms with E-state index in [1.54, 1.807) is 55.5 Å². The molecule has 0 spiro atoms. The average Bonchev–Trinajstić information content (AvgIpc) is 2.61. The Kier molecular flexibility index (Phi) is 6.73. The molecule has 2 N–H and O–H groups in total. The second-order valence-electron chi connectivity index (χ2n) is 5.49. The van der Waals surface area contributed by atoms with Crippen molar-refractivity contribution >= 4 is 29.2 Å². The molecule has 1 atom stereocenters. The molecule has 136 valence electrons. The lowest BCUT2D eigenvalue weighted by atomic mass is 10.2. The number of hydrogen-bond donors (Lipinski definition) is 2. The molecule has 0 saturated carbocycles. The molecule has 2 rings (SSSR count). The Morgan fingerprint density at radius 1 is 0.923 bits per heavy atom. The minimum absolute atomic E-state index is 0.180. The molecule has 7 nitrogen and oxygen atoms in total. The van der Waals surface area contributed by atoms with E-state index < -0.39 is 24.6 Å². The second kappa shape index (κ2) is 9.22. The number of esters is 1. The Morgan fingerprint density at radius 3 is 2.08 bits per heavy atom. The van der Waals surface area contributed by atoms with E-state index in [1.807, 2.05) is 6.07 Å². The van der Waals surface area contributed by atoms with Crippen molar-refractivity contribution in [2.75, 3.05) is 17.2 Å². The van der Waals surface area contributed by atoms with Crippen molar-refractivity contribution in [2.45, 2.75) is 20.0 Å². The molecule has 0 saturated heterocycles. The van der Waals surface area contributed by atoms with Crippen molar-refractivity contribution in [3.63, 3.8) is 0 Å². The second-order valence-corrected chi connectivity index (χ2v) is 5.49. The van der Waals surface area contributed by atoms with E-state index in [2.05, 4.69) is 10.6 Å². The van der Waals surface area contributed by atoms with Gasteiger partial charge in [-0.05, 0) is 43.3 Å². The van der Waals surface area contributed by atoms with Gasteiger partial charge in [-0.15, -0.1) is 0 Å². The summed E-state index contributed by atoms with van der Waals surface area (Å²) in [5.41, 5.74) is 1.14. The van der Waals surface area contributed by atoms with E-state index in [0.29, 0.717) is 17.1 Å².